The van der Waals surface area contributed by atoms with Crippen molar-refractivity contribution in [3.8, 4) is 11.5 Å². The summed E-state index contributed by atoms with van der Waals surface area (Å²) in [5.41, 5.74) is 7.12. The van der Waals surface area contributed by atoms with Gasteiger partial charge in [0.2, 0.25) is 5.75 Å². The predicted molar refractivity (Wildman–Crippen MR) is 192 cm³/mol. The molecule has 5 heteroatoms. The highest BCUT2D eigenvalue weighted by Crippen LogP contribution is 2.35. The van der Waals surface area contributed by atoms with E-state index in [2.05, 4.69) is 103 Å². The van der Waals surface area contributed by atoms with Crippen molar-refractivity contribution in [3.05, 3.63) is 75.1 Å². The van der Waals surface area contributed by atoms with Crippen LogP contribution in [-0.4, -0.2) is 24.3 Å². The standard InChI is InChI=1S/C39H60N2O3/c1-9-11-13-14-27-43-38-37(44-28-24-33(8)20-16-18-31(5)6)35-22-21-34(29-36(35)41(39(38)42)26-12-10-2)40-25-23-32(7)19-15-17-30(3)4/h17-18,21-24,29,40H,9-16,19-20,25-28H2,1-8H3/b32-23+,33-24+. The summed E-state index contributed by atoms with van der Waals surface area (Å²) in [6.45, 7) is 19.5. The van der Waals surface area contributed by atoms with E-state index in [9.17, 15) is 4.79 Å². The van der Waals surface area contributed by atoms with Gasteiger partial charge in [-0.3, -0.25) is 4.79 Å². The third-order valence-electron chi connectivity index (χ3n) is 7.76. The minimum atomic E-state index is -0.104. The van der Waals surface area contributed by atoms with Gasteiger partial charge in [-0.05, 0) is 104 Å². The van der Waals surface area contributed by atoms with Gasteiger partial charge in [-0.2, -0.15) is 0 Å². The van der Waals surface area contributed by atoms with E-state index in [1.807, 2.05) is 4.57 Å². The van der Waals surface area contributed by atoms with Gasteiger partial charge in [0.25, 0.3) is 5.56 Å². The van der Waals surface area contributed by atoms with E-state index >= 15 is 0 Å². The zero-order valence-electron chi connectivity index (χ0n) is 29.1. The van der Waals surface area contributed by atoms with E-state index in [1.54, 1.807) is 0 Å². The van der Waals surface area contributed by atoms with Gasteiger partial charge in [-0.1, -0.05) is 80.1 Å². The Morgan fingerprint density at radius 2 is 1.43 bits per heavy atom. The quantitative estimate of drug-likeness (QED) is 0.114. The van der Waals surface area contributed by atoms with Gasteiger partial charge in [0, 0.05) is 24.2 Å². The first kappa shape index (κ1) is 37.0. The summed E-state index contributed by atoms with van der Waals surface area (Å²) in [4.78, 5) is 14.0. The molecular weight excluding hydrogens is 544 g/mol. The van der Waals surface area contributed by atoms with Crippen molar-refractivity contribution in [3.63, 3.8) is 0 Å². The normalized spacial score (nSPS) is 11.9. The molecule has 0 spiro atoms. The maximum atomic E-state index is 14.0. The number of anilines is 1. The number of nitrogens with one attached hydrogen (secondary N) is 1. The highest BCUT2D eigenvalue weighted by Gasteiger charge is 2.20. The zero-order chi connectivity index (χ0) is 32.3. The fourth-order valence-corrected chi connectivity index (χ4v) is 5.01. The third kappa shape index (κ3) is 13.2. The fourth-order valence-electron chi connectivity index (χ4n) is 5.01. The molecule has 0 aliphatic carbocycles. The molecule has 1 heterocycles. The van der Waals surface area contributed by atoms with Crippen molar-refractivity contribution in [2.45, 2.75) is 126 Å². The molecule has 0 aliphatic heterocycles. The first-order valence-electron chi connectivity index (χ1n) is 17.0. The van der Waals surface area contributed by atoms with Crippen molar-refractivity contribution in [2.24, 2.45) is 0 Å². The Hall–Kier alpha value is -3.21. The molecule has 5 nitrogen and oxygen atoms in total. The molecule has 0 radical (unpaired) electrons. The molecule has 0 atom stereocenters. The number of ether oxygens (including phenoxy) is 2. The van der Waals surface area contributed by atoms with Crippen LogP contribution in [0.15, 0.2) is 69.6 Å². The number of fused-ring (bicyclic) bond motifs is 1. The number of allylic oxidation sites excluding steroid dienone is 6. The van der Waals surface area contributed by atoms with Crippen molar-refractivity contribution >= 4 is 16.6 Å². The van der Waals surface area contributed by atoms with Crippen LogP contribution < -0.4 is 20.3 Å². The molecule has 1 N–H and O–H groups in total. The van der Waals surface area contributed by atoms with Crippen LogP contribution >= 0.6 is 0 Å². The number of hydrogen-bond acceptors (Lipinski definition) is 4. The van der Waals surface area contributed by atoms with Crippen LogP contribution in [0.2, 0.25) is 0 Å². The van der Waals surface area contributed by atoms with E-state index < -0.39 is 0 Å². The SMILES string of the molecule is CCCCCCOc1c(OC/C=C(\C)CCC=C(C)C)c2ccc(NC/C=C(\C)CCC=C(C)C)cc2n(CCCC)c1=O. The van der Waals surface area contributed by atoms with Crippen molar-refractivity contribution in [1.82, 2.24) is 4.57 Å². The molecule has 244 valence electrons. The molecule has 2 aromatic rings. The Kier molecular flexibility index (Phi) is 17.4. The highest BCUT2D eigenvalue weighted by atomic mass is 16.5. The summed E-state index contributed by atoms with van der Waals surface area (Å²) in [6, 6.07) is 6.26. The molecule has 0 unspecified atom stereocenters. The Morgan fingerprint density at radius 1 is 0.773 bits per heavy atom. The fraction of sp³-hybridized carbons (Fsp3) is 0.564. The lowest BCUT2D eigenvalue weighted by atomic mass is 10.1. The lowest BCUT2D eigenvalue weighted by Crippen LogP contribution is -2.24. The number of pyridine rings is 1. The minimum absolute atomic E-state index is 0.104. The van der Waals surface area contributed by atoms with Crippen LogP contribution in [0.1, 0.15) is 120 Å². The molecule has 0 saturated carbocycles. The van der Waals surface area contributed by atoms with Crippen LogP contribution in [0.25, 0.3) is 10.9 Å². The summed E-state index contributed by atoms with van der Waals surface area (Å²) < 4.78 is 14.5. The molecule has 0 amide bonds. The number of hydrogen-bond donors (Lipinski definition) is 1. The Morgan fingerprint density at radius 3 is 2.07 bits per heavy atom. The van der Waals surface area contributed by atoms with E-state index in [0.29, 0.717) is 31.3 Å². The van der Waals surface area contributed by atoms with Crippen LogP contribution in [0.5, 0.6) is 11.5 Å². The lowest BCUT2D eigenvalue weighted by Gasteiger charge is -2.19. The van der Waals surface area contributed by atoms with Gasteiger partial charge in [0.1, 0.15) is 6.61 Å². The number of aromatic nitrogens is 1. The molecule has 2 rings (SSSR count). The van der Waals surface area contributed by atoms with Gasteiger partial charge in [0.05, 0.1) is 12.1 Å². The van der Waals surface area contributed by atoms with Gasteiger partial charge in [-0.15, -0.1) is 0 Å². The molecule has 44 heavy (non-hydrogen) atoms. The highest BCUT2D eigenvalue weighted by molar-refractivity contribution is 5.90. The first-order valence-corrected chi connectivity index (χ1v) is 17.0. The van der Waals surface area contributed by atoms with Crippen LogP contribution in [0, 0.1) is 0 Å². The number of rotatable bonds is 21. The summed E-state index contributed by atoms with van der Waals surface area (Å²) in [5.74, 6) is 0.902. The molecule has 0 bridgehead atoms. The summed E-state index contributed by atoms with van der Waals surface area (Å²) in [6.07, 6.45) is 19.3. The van der Waals surface area contributed by atoms with Crippen molar-refractivity contribution in [1.29, 1.82) is 0 Å². The average Bonchev–Trinajstić information content (AvgIpc) is 2.97. The Bertz CT molecular complexity index is 1340. The van der Waals surface area contributed by atoms with E-state index in [-0.39, 0.29) is 5.56 Å². The largest absolute Gasteiger partial charge is 0.485 e. The first-order chi connectivity index (χ1) is 21.2. The third-order valence-corrected chi connectivity index (χ3v) is 7.76. The summed E-state index contributed by atoms with van der Waals surface area (Å²) in [5, 5.41) is 4.47. The second-order valence-corrected chi connectivity index (χ2v) is 12.5. The van der Waals surface area contributed by atoms with Crippen LogP contribution in [0.3, 0.4) is 0 Å². The molecule has 1 aromatic heterocycles. The molecule has 0 aliphatic rings. The van der Waals surface area contributed by atoms with E-state index in [0.717, 1.165) is 80.9 Å². The smallest absolute Gasteiger partial charge is 0.297 e. The lowest BCUT2D eigenvalue weighted by molar-refractivity contribution is 0.272. The van der Waals surface area contributed by atoms with Crippen LogP contribution in [0.4, 0.5) is 5.69 Å². The number of nitrogens with zero attached hydrogens (tertiary/aromatic N) is 1. The number of aryl methyl sites for hydroxylation is 1. The Labute approximate surface area is 268 Å². The van der Waals surface area contributed by atoms with Gasteiger partial charge in [-0.25, -0.2) is 0 Å². The summed E-state index contributed by atoms with van der Waals surface area (Å²) >= 11 is 0. The number of unbranched alkanes of at least 4 members (excludes halogenated alkanes) is 4. The maximum absolute atomic E-state index is 14.0. The predicted octanol–water partition coefficient (Wildman–Crippen LogP) is 10.9. The molecule has 0 fully saturated rings. The molecular formula is C39H60N2O3. The van der Waals surface area contributed by atoms with Crippen molar-refractivity contribution in [2.75, 3.05) is 25.1 Å². The maximum Gasteiger partial charge on any atom is 0.297 e. The molecule has 1 aromatic carbocycles. The second kappa shape index (κ2) is 20.7. The van der Waals surface area contributed by atoms with E-state index in [4.69, 9.17) is 9.47 Å². The van der Waals surface area contributed by atoms with Gasteiger partial charge < -0.3 is 19.4 Å². The topological polar surface area (TPSA) is 52.5 Å². The number of benzene rings is 1. The minimum Gasteiger partial charge on any atom is -0.485 e. The Balaban J connectivity index is 2.42. The van der Waals surface area contributed by atoms with E-state index in [1.165, 1.54) is 28.7 Å². The summed E-state index contributed by atoms with van der Waals surface area (Å²) in [7, 11) is 0. The zero-order valence-corrected chi connectivity index (χ0v) is 29.1. The van der Waals surface area contributed by atoms with Crippen LogP contribution in [-0.2, 0) is 6.54 Å². The van der Waals surface area contributed by atoms with Crippen molar-refractivity contribution < 1.29 is 9.47 Å². The monoisotopic (exact) mass is 604 g/mol. The second-order valence-electron chi connectivity index (χ2n) is 12.5. The molecule has 0 saturated heterocycles. The van der Waals surface area contributed by atoms with Gasteiger partial charge in [0.15, 0.2) is 5.75 Å². The average molecular weight is 605 g/mol. The van der Waals surface area contributed by atoms with Gasteiger partial charge >= 0.3 is 0 Å².